The van der Waals surface area contributed by atoms with Crippen LogP contribution in [0, 0.1) is 0 Å². The Bertz CT molecular complexity index is 662. The molecular formula is C17H29N5O. The lowest BCUT2D eigenvalue weighted by atomic mass is 10.1. The third-order valence-electron chi connectivity index (χ3n) is 3.80. The van der Waals surface area contributed by atoms with E-state index in [1.807, 2.05) is 4.52 Å². The van der Waals surface area contributed by atoms with Crippen LogP contribution in [0.1, 0.15) is 75.9 Å². The number of anilines is 1. The van der Waals surface area contributed by atoms with E-state index in [4.69, 9.17) is 5.73 Å². The van der Waals surface area contributed by atoms with Crippen LogP contribution in [0.15, 0.2) is 6.20 Å². The van der Waals surface area contributed by atoms with Gasteiger partial charge in [0, 0.05) is 11.7 Å². The lowest BCUT2D eigenvalue weighted by Gasteiger charge is -2.22. The molecule has 0 bridgehead atoms. The number of primary amides is 1. The fourth-order valence-electron chi connectivity index (χ4n) is 2.70. The summed E-state index contributed by atoms with van der Waals surface area (Å²) in [6, 6.07) is 0. The predicted octanol–water partition coefficient (Wildman–Crippen LogP) is 3.48. The number of nitrogens with two attached hydrogens (primary N) is 1. The second kappa shape index (κ2) is 7.06. The molecule has 4 N–H and O–H groups in total. The highest BCUT2D eigenvalue weighted by Crippen LogP contribution is 2.25. The summed E-state index contributed by atoms with van der Waals surface area (Å²) in [6.45, 7) is 8.54. The maximum atomic E-state index is 11.5. The Morgan fingerprint density at radius 1 is 1.30 bits per heavy atom. The van der Waals surface area contributed by atoms with Crippen LogP contribution in [-0.4, -0.2) is 26.0 Å². The van der Waals surface area contributed by atoms with Gasteiger partial charge in [0.1, 0.15) is 11.4 Å². The molecule has 1 amide bonds. The first kappa shape index (κ1) is 17.4. The first-order valence-electron chi connectivity index (χ1n) is 8.50. The van der Waals surface area contributed by atoms with Gasteiger partial charge in [0.25, 0.3) is 5.91 Å². The van der Waals surface area contributed by atoms with E-state index in [0.29, 0.717) is 11.2 Å². The zero-order valence-corrected chi connectivity index (χ0v) is 14.7. The monoisotopic (exact) mass is 319 g/mol. The average molecular weight is 319 g/mol. The van der Waals surface area contributed by atoms with E-state index in [2.05, 4.69) is 43.1 Å². The third kappa shape index (κ3) is 4.27. The molecule has 0 aliphatic carbocycles. The number of aryl methyl sites for hydroxylation is 1. The van der Waals surface area contributed by atoms with Crippen LogP contribution in [0.3, 0.4) is 0 Å². The smallest absolute Gasteiger partial charge is 0.254 e. The average Bonchev–Trinajstić information content (AvgIpc) is 2.98. The molecule has 0 aromatic carbocycles. The van der Waals surface area contributed by atoms with Crippen molar-refractivity contribution in [3.8, 4) is 0 Å². The summed E-state index contributed by atoms with van der Waals surface area (Å²) < 4.78 is 1.83. The van der Waals surface area contributed by atoms with Crippen LogP contribution in [0.2, 0.25) is 0 Å². The number of fused-ring (bicyclic) bond motifs is 1. The number of rotatable bonds is 8. The molecule has 0 spiro atoms. The van der Waals surface area contributed by atoms with E-state index in [0.717, 1.165) is 24.4 Å². The van der Waals surface area contributed by atoms with Crippen LogP contribution < -0.4 is 11.1 Å². The highest BCUT2D eigenvalue weighted by atomic mass is 16.1. The van der Waals surface area contributed by atoms with Crippen LogP contribution in [0.4, 0.5) is 5.82 Å². The van der Waals surface area contributed by atoms with E-state index < -0.39 is 5.91 Å². The Balaban J connectivity index is 2.26. The van der Waals surface area contributed by atoms with Crippen molar-refractivity contribution in [3.63, 3.8) is 0 Å². The summed E-state index contributed by atoms with van der Waals surface area (Å²) >= 11 is 0. The molecule has 6 heteroatoms. The molecule has 0 aliphatic rings. The van der Waals surface area contributed by atoms with Crippen LogP contribution in [0.5, 0.6) is 0 Å². The van der Waals surface area contributed by atoms with E-state index in [9.17, 15) is 4.79 Å². The maximum absolute atomic E-state index is 11.5. The molecule has 0 fully saturated rings. The minimum Gasteiger partial charge on any atom is -0.365 e. The van der Waals surface area contributed by atoms with Gasteiger partial charge < -0.3 is 11.1 Å². The zero-order valence-electron chi connectivity index (χ0n) is 14.7. The third-order valence-corrected chi connectivity index (χ3v) is 3.80. The summed E-state index contributed by atoms with van der Waals surface area (Å²) in [7, 11) is 0. The number of H-pyrrole nitrogens is 1. The number of hydrogen-bond donors (Lipinski definition) is 3. The van der Waals surface area contributed by atoms with Crippen LogP contribution >= 0.6 is 0 Å². The van der Waals surface area contributed by atoms with Gasteiger partial charge in [-0.3, -0.25) is 9.89 Å². The van der Waals surface area contributed by atoms with Gasteiger partial charge in [-0.2, -0.15) is 0 Å². The fraction of sp³-hybridized carbons (Fsp3) is 0.647. The van der Waals surface area contributed by atoms with E-state index in [-0.39, 0.29) is 5.54 Å². The first-order chi connectivity index (χ1) is 10.8. The highest BCUT2D eigenvalue weighted by Gasteiger charge is 2.21. The van der Waals surface area contributed by atoms with Gasteiger partial charge in [-0.25, -0.2) is 9.50 Å². The van der Waals surface area contributed by atoms with Crippen LogP contribution in [0.25, 0.3) is 5.65 Å². The van der Waals surface area contributed by atoms with Crippen molar-refractivity contribution in [3.05, 3.63) is 17.5 Å². The minimum absolute atomic E-state index is 0.0923. The normalized spacial score (nSPS) is 12.0. The van der Waals surface area contributed by atoms with Gasteiger partial charge in [0.05, 0.1) is 5.69 Å². The lowest BCUT2D eigenvalue weighted by molar-refractivity contribution is 0.100. The number of imidazole rings is 1. The number of carbonyl (C=O) groups excluding carboxylic acids is 1. The molecule has 0 saturated carbocycles. The Hall–Kier alpha value is -1.98. The molecule has 0 unspecified atom stereocenters. The molecular weight excluding hydrogens is 290 g/mol. The fourth-order valence-corrected chi connectivity index (χ4v) is 2.70. The molecule has 128 valence electrons. The topological polar surface area (TPSA) is 88.2 Å². The number of aromatic nitrogens is 3. The Morgan fingerprint density at radius 2 is 2.00 bits per heavy atom. The number of hydrogen-bond acceptors (Lipinski definition) is 3. The van der Waals surface area contributed by atoms with Crippen molar-refractivity contribution in [1.82, 2.24) is 14.6 Å². The SMILES string of the molecule is CCCCCCCc1nc2c(C(N)=O)c[nH]n2c1NC(C)(C)C. The number of nitrogens with one attached hydrogen (secondary N) is 2. The molecule has 0 radical (unpaired) electrons. The molecule has 0 atom stereocenters. The summed E-state index contributed by atoms with van der Waals surface area (Å²) in [5, 5.41) is 6.58. The van der Waals surface area contributed by atoms with Gasteiger partial charge in [-0.1, -0.05) is 32.6 Å². The summed E-state index contributed by atoms with van der Waals surface area (Å²) in [4.78, 5) is 16.2. The number of nitrogens with zero attached hydrogens (tertiary/aromatic N) is 2. The molecule has 0 aliphatic heterocycles. The molecule has 6 nitrogen and oxygen atoms in total. The molecule has 0 saturated heterocycles. The van der Waals surface area contributed by atoms with E-state index in [1.165, 1.54) is 25.7 Å². The summed E-state index contributed by atoms with van der Waals surface area (Å²) in [6.07, 6.45) is 8.60. The zero-order chi connectivity index (χ0) is 17.0. The predicted molar refractivity (Wildman–Crippen MR) is 93.9 cm³/mol. The Labute approximate surface area is 137 Å². The standard InChI is InChI=1S/C17H29N5O/c1-5-6-7-8-9-10-13-16(21-17(2,3)4)22-15(20-13)12(11-19-22)14(18)23/h11,19,21H,5-10H2,1-4H3,(H2,18,23). The first-order valence-corrected chi connectivity index (χ1v) is 8.50. The number of unbranched alkanes of at least 4 members (excludes halogenated alkanes) is 4. The minimum atomic E-state index is -0.460. The highest BCUT2D eigenvalue weighted by molar-refractivity contribution is 5.98. The van der Waals surface area contributed by atoms with Gasteiger partial charge in [-0.05, 0) is 33.6 Å². The maximum Gasteiger partial charge on any atom is 0.254 e. The van der Waals surface area contributed by atoms with Gasteiger partial charge >= 0.3 is 0 Å². The van der Waals surface area contributed by atoms with Crippen molar-refractivity contribution >= 4 is 17.4 Å². The van der Waals surface area contributed by atoms with Crippen LogP contribution in [-0.2, 0) is 6.42 Å². The molecule has 2 rings (SSSR count). The summed E-state index contributed by atoms with van der Waals surface area (Å²) in [5.41, 5.74) is 7.37. The number of aromatic amines is 1. The lowest BCUT2D eigenvalue weighted by Crippen LogP contribution is -2.27. The molecule has 2 heterocycles. The van der Waals surface area contributed by atoms with Crippen molar-refractivity contribution < 1.29 is 4.79 Å². The van der Waals surface area contributed by atoms with E-state index in [1.54, 1.807) is 6.20 Å². The Morgan fingerprint density at radius 3 is 2.61 bits per heavy atom. The largest absolute Gasteiger partial charge is 0.365 e. The quantitative estimate of drug-likeness (QED) is 0.651. The van der Waals surface area contributed by atoms with Crippen molar-refractivity contribution in [2.45, 2.75) is 71.8 Å². The van der Waals surface area contributed by atoms with Crippen molar-refractivity contribution in [1.29, 1.82) is 0 Å². The van der Waals surface area contributed by atoms with Gasteiger partial charge in [-0.15, -0.1) is 0 Å². The van der Waals surface area contributed by atoms with Crippen molar-refractivity contribution in [2.75, 3.05) is 5.32 Å². The van der Waals surface area contributed by atoms with Crippen molar-refractivity contribution in [2.24, 2.45) is 5.73 Å². The molecule has 23 heavy (non-hydrogen) atoms. The Kier molecular flexibility index (Phi) is 5.34. The second-order valence-corrected chi connectivity index (χ2v) is 7.16. The second-order valence-electron chi connectivity index (χ2n) is 7.16. The van der Waals surface area contributed by atoms with E-state index >= 15 is 0 Å². The number of carbonyl (C=O) groups is 1. The molecule has 2 aromatic heterocycles. The summed E-state index contributed by atoms with van der Waals surface area (Å²) in [5.74, 6) is 0.466. The number of amides is 1. The van der Waals surface area contributed by atoms with Gasteiger partial charge in [0.15, 0.2) is 5.65 Å². The molecule has 2 aromatic rings. The van der Waals surface area contributed by atoms with Gasteiger partial charge in [0.2, 0.25) is 0 Å².